The van der Waals surface area contributed by atoms with Crippen LogP contribution < -0.4 is 0 Å². The summed E-state index contributed by atoms with van der Waals surface area (Å²) in [4.78, 5) is 20.8. The Hall–Kier alpha value is -0.240. The minimum atomic E-state index is -0.799. The standard InChI is InChI=1S/C13H24O6/c1-2-6-10-15-12-17-19-13(7-3-4-8-13)18-16-11-14-9-5-1/h1-12H2. The molecule has 1 aliphatic heterocycles. The SMILES string of the molecule is C1CCCOCOOC2(CCCC2)OOCOCC1. The molecule has 0 aromatic carbocycles. The fourth-order valence-corrected chi connectivity index (χ4v) is 2.30. The summed E-state index contributed by atoms with van der Waals surface area (Å²) >= 11 is 0. The molecule has 6 nitrogen and oxygen atoms in total. The second-order valence-corrected chi connectivity index (χ2v) is 4.99. The van der Waals surface area contributed by atoms with Crippen molar-refractivity contribution in [1.29, 1.82) is 0 Å². The molecule has 2 aliphatic rings. The van der Waals surface area contributed by atoms with Crippen molar-refractivity contribution in [3.63, 3.8) is 0 Å². The van der Waals surface area contributed by atoms with Crippen molar-refractivity contribution in [1.82, 2.24) is 0 Å². The maximum atomic E-state index is 5.34. The van der Waals surface area contributed by atoms with Crippen LogP contribution in [0.25, 0.3) is 0 Å². The lowest BCUT2D eigenvalue weighted by Gasteiger charge is -2.25. The first kappa shape index (κ1) is 15.2. The fourth-order valence-electron chi connectivity index (χ4n) is 2.30. The van der Waals surface area contributed by atoms with Crippen LogP contribution in [0.4, 0.5) is 0 Å². The lowest BCUT2D eigenvalue weighted by atomic mass is 10.2. The molecule has 6 heteroatoms. The van der Waals surface area contributed by atoms with Crippen LogP contribution in [0, 0.1) is 0 Å². The fraction of sp³-hybridized carbons (Fsp3) is 1.00. The molecule has 0 aromatic rings. The molecular formula is C13H24O6. The highest BCUT2D eigenvalue weighted by molar-refractivity contribution is 4.74. The van der Waals surface area contributed by atoms with E-state index < -0.39 is 5.79 Å². The Balaban J connectivity index is 1.75. The highest BCUT2D eigenvalue weighted by atomic mass is 17.3. The van der Waals surface area contributed by atoms with Gasteiger partial charge in [-0.05, 0) is 25.7 Å². The van der Waals surface area contributed by atoms with Crippen molar-refractivity contribution in [3.8, 4) is 0 Å². The van der Waals surface area contributed by atoms with Gasteiger partial charge in [0.2, 0.25) is 5.79 Å². The van der Waals surface area contributed by atoms with Gasteiger partial charge in [0.25, 0.3) is 0 Å². The van der Waals surface area contributed by atoms with Gasteiger partial charge in [0.1, 0.15) is 0 Å². The predicted molar refractivity (Wildman–Crippen MR) is 65.6 cm³/mol. The third kappa shape index (κ3) is 5.72. The smallest absolute Gasteiger partial charge is 0.234 e. The van der Waals surface area contributed by atoms with Gasteiger partial charge in [0, 0.05) is 26.1 Å². The molecule has 0 unspecified atom stereocenters. The summed E-state index contributed by atoms with van der Waals surface area (Å²) in [6.07, 6.45) is 7.91. The third-order valence-corrected chi connectivity index (χ3v) is 3.38. The van der Waals surface area contributed by atoms with Crippen LogP contribution in [0.3, 0.4) is 0 Å². The molecule has 0 amide bonds. The molecule has 2 fully saturated rings. The van der Waals surface area contributed by atoms with Crippen LogP contribution in [0.1, 0.15) is 51.4 Å². The molecule has 0 radical (unpaired) electrons. The summed E-state index contributed by atoms with van der Waals surface area (Å²) < 4.78 is 10.7. The van der Waals surface area contributed by atoms with E-state index in [2.05, 4.69) is 0 Å². The van der Waals surface area contributed by atoms with Gasteiger partial charge < -0.3 is 9.47 Å². The minimum Gasteiger partial charge on any atom is -0.352 e. The Morgan fingerprint density at radius 3 is 1.63 bits per heavy atom. The van der Waals surface area contributed by atoms with E-state index in [0.717, 1.165) is 51.4 Å². The first-order valence-corrected chi connectivity index (χ1v) is 7.18. The molecule has 0 N–H and O–H groups in total. The van der Waals surface area contributed by atoms with Gasteiger partial charge in [-0.3, -0.25) is 0 Å². The molecule has 2 rings (SSSR count). The second-order valence-electron chi connectivity index (χ2n) is 4.99. The Morgan fingerprint density at radius 1 is 0.579 bits per heavy atom. The summed E-state index contributed by atoms with van der Waals surface area (Å²) in [5, 5.41) is 0. The third-order valence-electron chi connectivity index (χ3n) is 3.38. The Morgan fingerprint density at radius 2 is 1.11 bits per heavy atom. The molecule has 0 atom stereocenters. The Labute approximate surface area is 114 Å². The van der Waals surface area contributed by atoms with Gasteiger partial charge in [0.15, 0.2) is 13.6 Å². The molecule has 19 heavy (non-hydrogen) atoms. The molecule has 1 aliphatic carbocycles. The quantitative estimate of drug-likeness (QED) is 0.634. The monoisotopic (exact) mass is 276 g/mol. The van der Waals surface area contributed by atoms with Crippen LogP contribution in [0.5, 0.6) is 0 Å². The summed E-state index contributed by atoms with van der Waals surface area (Å²) in [6, 6.07) is 0. The van der Waals surface area contributed by atoms with Crippen LogP contribution in [0.2, 0.25) is 0 Å². The van der Waals surface area contributed by atoms with E-state index in [1.54, 1.807) is 0 Å². The van der Waals surface area contributed by atoms with Crippen molar-refractivity contribution >= 4 is 0 Å². The van der Waals surface area contributed by atoms with Crippen LogP contribution >= 0.6 is 0 Å². The van der Waals surface area contributed by atoms with E-state index >= 15 is 0 Å². The van der Waals surface area contributed by atoms with Gasteiger partial charge in [-0.15, -0.1) is 0 Å². The van der Waals surface area contributed by atoms with Crippen LogP contribution in [-0.4, -0.2) is 32.6 Å². The van der Waals surface area contributed by atoms with E-state index in [-0.39, 0.29) is 13.6 Å². The van der Waals surface area contributed by atoms with Gasteiger partial charge in [-0.1, -0.05) is 12.8 Å². The number of rotatable bonds is 0. The highest BCUT2D eigenvalue weighted by Crippen LogP contribution is 2.34. The molecule has 1 saturated carbocycles. The highest BCUT2D eigenvalue weighted by Gasteiger charge is 2.39. The van der Waals surface area contributed by atoms with Gasteiger partial charge in [0.05, 0.1) is 0 Å². The summed E-state index contributed by atoms with van der Waals surface area (Å²) in [5.41, 5.74) is 0. The van der Waals surface area contributed by atoms with E-state index in [4.69, 9.17) is 29.0 Å². The maximum absolute atomic E-state index is 5.34. The van der Waals surface area contributed by atoms with E-state index in [0.29, 0.717) is 13.2 Å². The molecule has 1 heterocycles. The zero-order valence-corrected chi connectivity index (χ0v) is 11.4. The number of hydrogen-bond donors (Lipinski definition) is 0. The maximum Gasteiger partial charge on any atom is 0.234 e. The van der Waals surface area contributed by atoms with Crippen molar-refractivity contribution in [2.45, 2.75) is 57.2 Å². The topological polar surface area (TPSA) is 55.4 Å². The van der Waals surface area contributed by atoms with E-state index in [1.165, 1.54) is 0 Å². The van der Waals surface area contributed by atoms with Crippen molar-refractivity contribution in [3.05, 3.63) is 0 Å². The largest absolute Gasteiger partial charge is 0.352 e. The van der Waals surface area contributed by atoms with E-state index in [1.807, 2.05) is 0 Å². The molecule has 1 spiro atoms. The predicted octanol–water partition coefficient (Wildman–Crippen LogP) is 2.68. The summed E-state index contributed by atoms with van der Waals surface area (Å²) in [5.74, 6) is -0.799. The van der Waals surface area contributed by atoms with Crippen LogP contribution in [0.15, 0.2) is 0 Å². The zero-order valence-electron chi connectivity index (χ0n) is 11.4. The Kier molecular flexibility index (Phi) is 7.05. The van der Waals surface area contributed by atoms with Gasteiger partial charge in [-0.25, -0.2) is 9.78 Å². The summed E-state index contributed by atoms with van der Waals surface area (Å²) in [7, 11) is 0. The second kappa shape index (κ2) is 8.84. The minimum absolute atomic E-state index is 0.127. The number of hydrogen-bond acceptors (Lipinski definition) is 6. The number of ether oxygens (including phenoxy) is 2. The normalized spacial score (nSPS) is 27.8. The zero-order chi connectivity index (χ0) is 13.2. The molecular weight excluding hydrogens is 252 g/mol. The van der Waals surface area contributed by atoms with E-state index in [9.17, 15) is 0 Å². The van der Waals surface area contributed by atoms with Crippen molar-refractivity contribution < 1.29 is 29.0 Å². The average Bonchev–Trinajstić information content (AvgIpc) is 2.87. The van der Waals surface area contributed by atoms with Crippen molar-refractivity contribution in [2.75, 3.05) is 26.8 Å². The Bertz CT molecular complexity index is 211. The van der Waals surface area contributed by atoms with Gasteiger partial charge in [-0.2, -0.15) is 9.78 Å². The lowest BCUT2D eigenvalue weighted by molar-refractivity contribution is -0.527. The average molecular weight is 276 g/mol. The summed E-state index contributed by atoms with van der Waals surface area (Å²) in [6.45, 7) is 1.63. The molecule has 1 saturated heterocycles. The first-order valence-electron chi connectivity index (χ1n) is 7.18. The molecule has 112 valence electrons. The lowest BCUT2D eigenvalue weighted by Crippen LogP contribution is -2.33. The molecule has 0 bridgehead atoms. The van der Waals surface area contributed by atoms with Crippen LogP contribution in [-0.2, 0) is 29.0 Å². The molecule has 0 aromatic heterocycles. The van der Waals surface area contributed by atoms with Gasteiger partial charge >= 0.3 is 0 Å². The van der Waals surface area contributed by atoms with Crippen molar-refractivity contribution in [2.24, 2.45) is 0 Å². The first-order chi connectivity index (χ1) is 9.41.